The Morgan fingerprint density at radius 3 is 2.19 bits per heavy atom. The molecule has 11 nitrogen and oxygen atoms in total. The molecule has 3 aromatic carbocycles. The van der Waals surface area contributed by atoms with E-state index in [0.29, 0.717) is 47.9 Å². The van der Waals surface area contributed by atoms with E-state index >= 15 is 0 Å². The number of piperidine rings is 1. The number of alkyl halides is 3. The number of sulfone groups is 1. The number of ether oxygens (including phenoxy) is 1. The van der Waals surface area contributed by atoms with Crippen LogP contribution in [-0.2, 0) is 19.4 Å². The molecule has 7 rings (SSSR count). The summed E-state index contributed by atoms with van der Waals surface area (Å²) in [4.78, 5) is 31.4. The van der Waals surface area contributed by atoms with Gasteiger partial charge in [0.25, 0.3) is 5.91 Å². The van der Waals surface area contributed by atoms with E-state index in [1.165, 1.54) is 24.3 Å². The first-order valence-corrected chi connectivity index (χ1v) is 18.9. The molecule has 0 saturated carbocycles. The van der Waals surface area contributed by atoms with Gasteiger partial charge in [0.15, 0.2) is 5.82 Å². The van der Waals surface area contributed by atoms with Gasteiger partial charge in [-0.3, -0.25) is 14.7 Å². The van der Waals surface area contributed by atoms with Crippen molar-refractivity contribution in [2.24, 2.45) is 0 Å². The largest absolute Gasteiger partial charge is 0.471 e. The molecule has 4 heterocycles. The fourth-order valence-corrected chi connectivity index (χ4v) is 8.83. The van der Waals surface area contributed by atoms with E-state index in [4.69, 9.17) is 4.74 Å². The maximum atomic E-state index is 14.3. The van der Waals surface area contributed by atoms with Crippen LogP contribution in [0, 0.1) is 11.6 Å². The van der Waals surface area contributed by atoms with Gasteiger partial charge < -0.3 is 24.8 Å². The van der Waals surface area contributed by atoms with E-state index < -0.39 is 50.4 Å². The Morgan fingerprint density at radius 2 is 1.54 bits per heavy atom. The van der Waals surface area contributed by atoms with Crippen molar-refractivity contribution >= 4 is 62.2 Å². The van der Waals surface area contributed by atoms with Gasteiger partial charge in [0.05, 0.1) is 26.6 Å². The Morgan fingerprint density at radius 1 is 0.870 bits per heavy atom. The normalized spacial score (nSPS) is 17.8. The number of fused-ring (bicyclic) bond motifs is 1. The minimum Gasteiger partial charge on any atom is -0.381 e. The van der Waals surface area contributed by atoms with Gasteiger partial charge in [0, 0.05) is 55.5 Å². The Kier molecular flexibility index (Phi) is 11.5. The molecule has 0 bridgehead atoms. The number of nitrogens with zero attached hydrogens (tertiary/aromatic N) is 4. The van der Waals surface area contributed by atoms with Gasteiger partial charge in [-0.05, 0) is 100 Å². The topological polar surface area (TPSA) is 128 Å². The predicted octanol–water partition coefficient (Wildman–Crippen LogP) is 6.49. The highest BCUT2D eigenvalue weighted by atomic mass is 35.5. The number of amides is 2. The van der Waals surface area contributed by atoms with Gasteiger partial charge in [0.1, 0.15) is 11.6 Å². The van der Waals surface area contributed by atoms with Crippen LogP contribution in [-0.4, -0.2) is 93.0 Å². The molecule has 2 N–H and O–H groups in total. The Hall–Kier alpha value is -4.32. The third-order valence-electron chi connectivity index (χ3n) is 10.2. The zero-order valence-corrected chi connectivity index (χ0v) is 30.5. The number of anilines is 3. The lowest BCUT2D eigenvalue weighted by Gasteiger charge is -2.39. The van der Waals surface area contributed by atoms with E-state index in [1.807, 2.05) is 4.90 Å². The monoisotopic (exact) mass is 796 g/mol. The van der Waals surface area contributed by atoms with Crippen LogP contribution in [0.15, 0.2) is 64.4 Å². The van der Waals surface area contributed by atoms with E-state index in [0.717, 1.165) is 44.8 Å². The Balaban J connectivity index is 0.00000497. The van der Waals surface area contributed by atoms with Gasteiger partial charge in [0.2, 0.25) is 9.84 Å². The van der Waals surface area contributed by atoms with Gasteiger partial charge in [-0.2, -0.15) is 18.3 Å². The number of aromatic amines is 1. The van der Waals surface area contributed by atoms with Gasteiger partial charge in [-0.15, -0.1) is 12.4 Å². The molecule has 0 unspecified atom stereocenters. The summed E-state index contributed by atoms with van der Waals surface area (Å²) >= 11 is 0. The van der Waals surface area contributed by atoms with Crippen molar-refractivity contribution in [2.75, 3.05) is 54.5 Å². The molecule has 3 aliphatic heterocycles. The SMILES string of the molecule is Cl.O=C(Nc1n[nH]c2ccc(S(=O)(=O)c3cc(F)cc(F)c3)cc12)c1ccc(N2CCC(N3CCCC3)CC2)cc1N(C(=O)C(F)(F)F)C1CCOCC1. The van der Waals surface area contributed by atoms with Crippen LogP contribution in [0.4, 0.5) is 39.1 Å². The number of carbonyl (C=O) groups excluding carboxylic acids is 2. The molecule has 1 aromatic heterocycles. The first-order chi connectivity index (χ1) is 25.3. The minimum absolute atomic E-state index is 0. The molecule has 0 aliphatic carbocycles. The molecule has 54 heavy (non-hydrogen) atoms. The van der Waals surface area contributed by atoms with Crippen molar-refractivity contribution in [1.29, 1.82) is 0 Å². The molecule has 18 heteroatoms. The Bertz CT molecular complexity index is 2110. The number of hydrogen-bond donors (Lipinski definition) is 2. The molecule has 0 spiro atoms. The number of H-pyrrole nitrogens is 1. The second-order valence-electron chi connectivity index (χ2n) is 13.5. The number of benzene rings is 3. The van der Waals surface area contributed by atoms with Gasteiger partial charge in [-0.25, -0.2) is 17.2 Å². The second-order valence-corrected chi connectivity index (χ2v) is 15.5. The van der Waals surface area contributed by atoms with Crippen LogP contribution >= 0.6 is 12.4 Å². The maximum absolute atomic E-state index is 14.3. The molecule has 0 radical (unpaired) electrons. The van der Waals surface area contributed by atoms with Crippen molar-refractivity contribution < 1.29 is 44.7 Å². The Labute approximate surface area is 314 Å². The van der Waals surface area contributed by atoms with Crippen molar-refractivity contribution in [2.45, 2.75) is 66.6 Å². The van der Waals surface area contributed by atoms with Crippen LogP contribution < -0.4 is 15.1 Å². The lowest BCUT2D eigenvalue weighted by atomic mass is 10.00. The highest BCUT2D eigenvalue weighted by Crippen LogP contribution is 2.37. The summed E-state index contributed by atoms with van der Waals surface area (Å²) in [5.74, 6) is -5.36. The van der Waals surface area contributed by atoms with Crippen molar-refractivity contribution in [3.05, 3.63) is 71.8 Å². The highest BCUT2D eigenvalue weighted by molar-refractivity contribution is 7.91. The molecule has 4 aromatic rings. The highest BCUT2D eigenvalue weighted by Gasteiger charge is 2.46. The fourth-order valence-electron chi connectivity index (χ4n) is 7.51. The summed E-state index contributed by atoms with van der Waals surface area (Å²) in [5.41, 5.74) is 0.387. The van der Waals surface area contributed by atoms with E-state index in [-0.39, 0.29) is 71.3 Å². The molecule has 290 valence electrons. The third-order valence-corrected chi connectivity index (χ3v) is 11.9. The smallest absolute Gasteiger partial charge is 0.381 e. The molecule has 3 aliphatic rings. The number of carbonyl (C=O) groups is 2. The lowest BCUT2D eigenvalue weighted by Crippen LogP contribution is -2.50. The molecule has 2 amide bonds. The first-order valence-electron chi connectivity index (χ1n) is 17.4. The molecule has 3 saturated heterocycles. The van der Waals surface area contributed by atoms with Crippen LogP contribution in [0.1, 0.15) is 48.9 Å². The van der Waals surface area contributed by atoms with Crippen molar-refractivity contribution in [1.82, 2.24) is 15.1 Å². The fraction of sp³-hybridized carbons (Fsp3) is 0.417. The van der Waals surface area contributed by atoms with E-state index in [1.54, 1.807) is 6.07 Å². The molecule has 3 fully saturated rings. The number of rotatable bonds is 8. The summed E-state index contributed by atoms with van der Waals surface area (Å²) in [5, 5.41) is 9.43. The quantitative estimate of drug-likeness (QED) is 0.194. The van der Waals surface area contributed by atoms with Crippen LogP contribution in [0.25, 0.3) is 10.9 Å². The standard InChI is InChI=1S/C36H37F5N6O5S.ClH/c37-22-17-23(38)19-28(18-22)53(50,51)27-4-6-31-30(21-27)33(44-43-31)42-34(48)29-5-3-26(46-13-7-24(8-14-46)45-11-1-2-12-45)20-32(29)47(35(49)36(39,40)41)25-9-15-52-16-10-25;/h3-6,17-21,24-25H,1-2,7-16H2,(H2,42,43,44,48);1H. The summed E-state index contributed by atoms with van der Waals surface area (Å²) in [6.45, 7) is 3.64. The summed E-state index contributed by atoms with van der Waals surface area (Å²) in [6, 6.07) is 9.57. The van der Waals surface area contributed by atoms with Crippen LogP contribution in [0.5, 0.6) is 0 Å². The van der Waals surface area contributed by atoms with Gasteiger partial charge >= 0.3 is 12.1 Å². The average molecular weight is 797 g/mol. The van der Waals surface area contributed by atoms with Crippen LogP contribution in [0.3, 0.4) is 0 Å². The molecule has 0 atom stereocenters. The number of halogens is 6. The zero-order chi connectivity index (χ0) is 37.5. The van der Waals surface area contributed by atoms with Crippen molar-refractivity contribution in [3.8, 4) is 0 Å². The summed E-state index contributed by atoms with van der Waals surface area (Å²) in [7, 11) is -4.43. The minimum atomic E-state index is -5.25. The molecular formula is C36H38ClF5N6O5S. The average Bonchev–Trinajstić information content (AvgIpc) is 3.82. The van der Waals surface area contributed by atoms with E-state index in [9.17, 15) is 40.0 Å². The zero-order valence-electron chi connectivity index (χ0n) is 28.9. The maximum Gasteiger partial charge on any atom is 0.471 e. The second kappa shape index (κ2) is 15.8. The van der Waals surface area contributed by atoms with Crippen LogP contribution in [0.2, 0.25) is 0 Å². The number of nitrogens with one attached hydrogen (secondary N) is 2. The summed E-state index contributed by atoms with van der Waals surface area (Å²) < 4.78 is 103. The molecular weight excluding hydrogens is 759 g/mol. The third kappa shape index (κ3) is 8.04. The predicted molar refractivity (Wildman–Crippen MR) is 193 cm³/mol. The number of likely N-dealkylation sites (tertiary alicyclic amines) is 1. The first kappa shape index (κ1) is 39.4. The van der Waals surface area contributed by atoms with Gasteiger partial charge in [-0.1, -0.05) is 0 Å². The number of hydrogen-bond acceptors (Lipinski definition) is 8. The van der Waals surface area contributed by atoms with E-state index in [2.05, 4.69) is 20.4 Å². The lowest BCUT2D eigenvalue weighted by molar-refractivity contribution is -0.171. The number of aromatic nitrogens is 2. The van der Waals surface area contributed by atoms with Crippen molar-refractivity contribution in [3.63, 3.8) is 0 Å². The summed E-state index contributed by atoms with van der Waals surface area (Å²) in [6.07, 6.45) is -0.974.